The van der Waals surface area contributed by atoms with Gasteiger partial charge >= 0.3 is 0 Å². The molecule has 2 saturated carbocycles. The van der Waals surface area contributed by atoms with Crippen molar-refractivity contribution in [3.8, 4) is 5.75 Å². The molecule has 1 aromatic rings. The Hall–Kier alpha value is -2.28. The van der Waals surface area contributed by atoms with Crippen LogP contribution in [0, 0.1) is 5.92 Å². The number of amides is 1. The summed E-state index contributed by atoms with van der Waals surface area (Å²) in [7, 11) is 2.05. The predicted molar refractivity (Wildman–Crippen MR) is 119 cm³/mol. The van der Waals surface area contributed by atoms with Gasteiger partial charge in [0.1, 0.15) is 5.75 Å². The lowest BCUT2D eigenvalue weighted by molar-refractivity contribution is -0.123. The van der Waals surface area contributed by atoms with Gasteiger partial charge in [0.05, 0.1) is 6.61 Å². The number of carbonyl (C=O) groups is 1. The molecule has 0 radical (unpaired) electrons. The summed E-state index contributed by atoms with van der Waals surface area (Å²) < 4.78 is 11.3. The van der Waals surface area contributed by atoms with E-state index in [1.807, 2.05) is 31.3 Å². The summed E-state index contributed by atoms with van der Waals surface area (Å²) in [5.74, 6) is 2.38. The van der Waals surface area contributed by atoms with E-state index in [4.69, 9.17) is 14.5 Å². The minimum atomic E-state index is -0.0473. The Labute approximate surface area is 180 Å². The van der Waals surface area contributed by atoms with E-state index in [2.05, 4.69) is 22.5 Å². The molecule has 2 aliphatic rings. The molecule has 7 heteroatoms. The van der Waals surface area contributed by atoms with E-state index in [0.29, 0.717) is 18.3 Å². The van der Waals surface area contributed by atoms with Gasteiger partial charge < -0.3 is 25.0 Å². The fourth-order valence-corrected chi connectivity index (χ4v) is 3.00. The van der Waals surface area contributed by atoms with Crippen LogP contribution in [0.15, 0.2) is 29.3 Å². The third-order valence-corrected chi connectivity index (χ3v) is 5.22. The molecule has 2 aliphatic carbocycles. The van der Waals surface area contributed by atoms with Gasteiger partial charge in [0.15, 0.2) is 12.6 Å². The summed E-state index contributed by atoms with van der Waals surface area (Å²) >= 11 is 0. The van der Waals surface area contributed by atoms with E-state index < -0.39 is 0 Å². The number of likely N-dealkylation sites (N-methyl/N-ethyl adjacent to an activating group) is 1. The molecule has 0 aromatic heterocycles. The van der Waals surface area contributed by atoms with Crippen LogP contribution in [0.5, 0.6) is 5.75 Å². The Kier molecular flexibility index (Phi) is 8.81. The highest BCUT2D eigenvalue weighted by Crippen LogP contribution is 2.28. The molecule has 0 aliphatic heterocycles. The van der Waals surface area contributed by atoms with Gasteiger partial charge in [-0.05, 0) is 62.6 Å². The summed E-state index contributed by atoms with van der Waals surface area (Å²) in [5.41, 5.74) is 1.19. The van der Waals surface area contributed by atoms with Crippen LogP contribution in [0.1, 0.15) is 38.2 Å². The number of hydrogen-bond donors (Lipinski definition) is 2. The predicted octanol–water partition coefficient (Wildman–Crippen LogP) is 2.21. The molecule has 0 saturated heterocycles. The maximum absolute atomic E-state index is 11.7. The number of nitrogens with zero attached hydrogens (tertiary/aromatic N) is 2. The van der Waals surface area contributed by atoms with Gasteiger partial charge in [-0.1, -0.05) is 12.1 Å². The largest absolute Gasteiger partial charge is 0.484 e. The first kappa shape index (κ1) is 22.4. The highest BCUT2D eigenvalue weighted by molar-refractivity contribution is 5.79. The van der Waals surface area contributed by atoms with Gasteiger partial charge in [0, 0.05) is 39.3 Å². The first-order chi connectivity index (χ1) is 14.6. The molecule has 3 rings (SSSR count). The maximum atomic E-state index is 11.7. The highest BCUT2D eigenvalue weighted by Gasteiger charge is 2.23. The van der Waals surface area contributed by atoms with Crippen LogP contribution in [0.25, 0.3) is 0 Å². The zero-order valence-electron chi connectivity index (χ0n) is 18.4. The Morgan fingerprint density at radius 3 is 2.63 bits per heavy atom. The molecule has 30 heavy (non-hydrogen) atoms. The third kappa shape index (κ3) is 8.61. The second kappa shape index (κ2) is 11.8. The Balaban J connectivity index is 1.36. The first-order valence-corrected chi connectivity index (χ1v) is 11.2. The average Bonchev–Trinajstić information content (AvgIpc) is 3.66. The molecule has 2 N–H and O–H groups in total. The fraction of sp³-hybridized carbons (Fsp3) is 0.652. The van der Waals surface area contributed by atoms with Crippen molar-refractivity contribution in [2.75, 3.05) is 46.5 Å². The Morgan fingerprint density at radius 1 is 1.20 bits per heavy atom. The molecule has 166 valence electrons. The minimum Gasteiger partial charge on any atom is -0.484 e. The normalized spacial score (nSPS) is 16.3. The van der Waals surface area contributed by atoms with Crippen molar-refractivity contribution in [3.05, 3.63) is 29.8 Å². The molecular formula is C23H36N4O3. The molecule has 0 spiro atoms. The van der Waals surface area contributed by atoms with E-state index in [1.54, 1.807) is 0 Å². The average molecular weight is 417 g/mol. The molecule has 0 heterocycles. The molecular weight excluding hydrogens is 380 g/mol. The monoisotopic (exact) mass is 416 g/mol. The lowest BCUT2D eigenvalue weighted by Gasteiger charge is -2.22. The van der Waals surface area contributed by atoms with Crippen LogP contribution in [-0.4, -0.2) is 69.3 Å². The summed E-state index contributed by atoms with van der Waals surface area (Å²) in [6, 6.07) is 8.26. The molecule has 1 amide bonds. The zero-order chi connectivity index (χ0) is 21.2. The van der Waals surface area contributed by atoms with E-state index >= 15 is 0 Å². The summed E-state index contributed by atoms with van der Waals surface area (Å²) in [4.78, 5) is 18.6. The molecule has 0 unspecified atom stereocenters. The van der Waals surface area contributed by atoms with Crippen LogP contribution in [-0.2, 0) is 16.0 Å². The van der Waals surface area contributed by atoms with Gasteiger partial charge in [-0.2, -0.15) is 0 Å². The number of guanidine groups is 1. The molecule has 1 aromatic carbocycles. The molecule has 0 bridgehead atoms. The standard InChI is InChI=1S/C23H36N4O3/c1-3-24-23(27(2)14-15-29-16-19-4-5-19)25-13-12-18-6-10-21(11-7-18)30-17-22(28)26-20-8-9-20/h6-7,10-11,19-20H,3-5,8-9,12-17H2,1-2H3,(H,24,25)(H,26,28). The molecule has 7 nitrogen and oxygen atoms in total. The fourth-order valence-electron chi connectivity index (χ4n) is 3.00. The van der Waals surface area contributed by atoms with Crippen LogP contribution in [0.4, 0.5) is 0 Å². The van der Waals surface area contributed by atoms with Crippen molar-refractivity contribution in [2.45, 2.75) is 45.1 Å². The summed E-state index contributed by atoms with van der Waals surface area (Å²) in [6.07, 6.45) is 5.67. The van der Waals surface area contributed by atoms with E-state index in [1.165, 1.54) is 18.4 Å². The first-order valence-electron chi connectivity index (χ1n) is 11.2. The van der Waals surface area contributed by atoms with Gasteiger partial charge in [-0.3, -0.25) is 9.79 Å². The number of benzene rings is 1. The number of rotatable bonds is 13. The van der Waals surface area contributed by atoms with Gasteiger partial charge in [0.2, 0.25) is 0 Å². The second-order valence-electron chi connectivity index (χ2n) is 8.20. The van der Waals surface area contributed by atoms with Crippen molar-refractivity contribution in [1.82, 2.24) is 15.5 Å². The third-order valence-electron chi connectivity index (χ3n) is 5.22. The van der Waals surface area contributed by atoms with Crippen LogP contribution < -0.4 is 15.4 Å². The highest BCUT2D eigenvalue weighted by atomic mass is 16.5. The van der Waals surface area contributed by atoms with Crippen LogP contribution in [0.2, 0.25) is 0 Å². The van der Waals surface area contributed by atoms with Crippen molar-refractivity contribution in [1.29, 1.82) is 0 Å². The molecule has 0 atom stereocenters. The lowest BCUT2D eigenvalue weighted by atomic mass is 10.1. The van der Waals surface area contributed by atoms with Crippen molar-refractivity contribution in [2.24, 2.45) is 10.9 Å². The number of carbonyl (C=O) groups excluding carboxylic acids is 1. The number of ether oxygens (including phenoxy) is 2. The topological polar surface area (TPSA) is 75.2 Å². The second-order valence-corrected chi connectivity index (χ2v) is 8.20. The van der Waals surface area contributed by atoms with Crippen molar-refractivity contribution in [3.63, 3.8) is 0 Å². The quantitative estimate of drug-likeness (QED) is 0.293. The maximum Gasteiger partial charge on any atom is 0.258 e. The van der Waals surface area contributed by atoms with Crippen molar-refractivity contribution < 1.29 is 14.3 Å². The zero-order valence-corrected chi connectivity index (χ0v) is 18.4. The molecule has 2 fully saturated rings. The Bertz CT molecular complexity index is 684. The Morgan fingerprint density at radius 2 is 1.97 bits per heavy atom. The minimum absolute atomic E-state index is 0.0473. The van der Waals surface area contributed by atoms with E-state index in [0.717, 1.165) is 57.4 Å². The van der Waals surface area contributed by atoms with Crippen molar-refractivity contribution >= 4 is 11.9 Å². The SMILES string of the molecule is CCNC(=NCCc1ccc(OCC(=O)NC2CC2)cc1)N(C)CCOCC1CC1. The van der Waals surface area contributed by atoms with Gasteiger partial charge in [-0.15, -0.1) is 0 Å². The van der Waals surface area contributed by atoms with Gasteiger partial charge in [0.25, 0.3) is 5.91 Å². The lowest BCUT2D eigenvalue weighted by Crippen LogP contribution is -2.40. The summed E-state index contributed by atoms with van der Waals surface area (Å²) in [6.45, 7) is 6.16. The number of nitrogens with one attached hydrogen (secondary N) is 2. The van der Waals surface area contributed by atoms with Crippen LogP contribution >= 0.6 is 0 Å². The smallest absolute Gasteiger partial charge is 0.258 e. The van der Waals surface area contributed by atoms with Gasteiger partial charge in [-0.25, -0.2) is 0 Å². The number of hydrogen-bond acceptors (Lipinski definition) is 4. The van der Waals surface area contributed by atoms with E-state index in [-0.39, 0.29) is 12.5 Å². The summed E-state index contributed by atoms with van der Waals surface area (Å²) in [5, 5.41) is 6.27. The van der Waals surface area contributed by atoms with Crippen LogP contribution in [0.3, 0.4) is 0 Å². The number of aliphatic imine (C=N–C) groups is 1. The van der Waals surface area contributed by atoms with E-state index in [9.17, 15) is 4.79 Å².